The van der Waals surface area contributed by atoms with Crippen LogP contribution >= 0.6 is 22.9 Å². The summed E-state index contributed by atoms with van der Waals surface area (Å²) in [5, 5.41) is 2.82. The summed E-state index contributed by atoms with van der Waals surface area (Å²) in [4.78, 5) is 0.771. The van der Waals surface area contributed by atoms with Gasteiger partial charge in [-0.1, -0.05) is 17.7 Å². The first-order chi connectivity index (χ1) is 9.90. The highest BCUT2D eigenvalue weighted by Gasteiger charge is 2.34. The molecule has 0 aliphatic carbocycles. The maximum Gasteiger partial charge on any atom is 0.419 e. The Balaban J connectivity index is 2.21. The van der Waals surface area contributed by atoms with Crippen molar-refractivity contribution >= 4 is 22.9 Å². The SMILES string of the molecule is CNCc1ccc(OCc2ccc(Cl)s2)c(C(F)(F)F)c1. The Labute approximate surface area is 129 Å². The highest BCUT2D eigenvalue weighted by Crippen LogP contribution is 2.37. The summed E-state index contributed by atoms with van der Waals surface area (Å²) in [6, 6.07) is 7.49. The molecule has 0 radical (unpaired) electrons. The fourth-order valence-corrected chi connectivity index (χ4v) is 2.82. The topological polar surface area (TPSA) is 21.3 Å². The number of hydrogen-bond acceptors (Lipinski definition) is 3. The van der Waals surface area contributed by atoms with Crippen molar-refractivity contribution in [3.05, 3.63) is 50.7 Å². The lowest BCUT2D eigenvalue weighted by Crippen LogP contribution is -2.11. The Hall–Kier alpha value is -1.24. The van der Waals surface area contributed by atoms with E-state index in [1.807, 2.05) is 0 Å². The van der Waals surface area contributed by atoms with Gasteiger partial charge in [-0.2, -0.15) is 13.2 Å². The molecule has 0 aliphatic heterocycles. The van der Waals surface area contributed by atoms with Crippen molar-refractivity contribution in [1.82, 2.24) is 5.32 Å². The van der Waals surface area contributed by atoms with Crippen molar-refractivity contribution in [2.45, 2.75) is 19.3 Å². The quantitative estimate of drug-likeness (QED) is 0.853. The summed E-state index contributed by atoms with van der Waals surface area (Å²) >= 11 is 7.06. The van der Waals surface area contributed by atoms with E-state index in [-0.39, 0.29) is 12.4 Å². The predicted octanol–water partition coefficient (Wildman–Crippen LogP) is 4.72. The summed E-state index contributed by atoms with van der Waals surface area (Å²) in [6.07, 6.45) is -4.45. The van der Waals surface area contributed by atoms with Gasteiger partial charge in [0, 0.05) is 11.4 Å². The third-order valence-corrected chi connectivity index (χ3v) is 3.93. The van der Waals surface area contributed by atoms with E-state index in [9.17, 15) is 13.2 Å². The molecular formula is C14H13ClF3NOS. The zero-order valence-corrected chi connectivity index (χ0v) is 12.7. The Morgan fingerprint density at radius 1 is 1.24 bits per heavy atom. The van der Waals surface area contributed by atoms with Crippen molar-refractivity contribution in [2.75, 3.05) is 7.05 Å². The molecule has 0 saturated heterocycles. The van der Waals surface area contributed by atoms with Gasteiger partial charge >= 0.3 is 6.18 Å². The highest BCUT2D eigenvalue weighted by atomic mass is 35.5. The standard InChI is InChI=1S/C14H13ClF3NOS/c1-19-7-9-2-4-12(11(6-9)14(16,17)18)20-8-10-3-5-13(15)21-10/h2-6,19H,7-8H2,1H3. The Morgan fingerprint density at radius 2 is 2.00 bits per heavy atom. The van der Waals surface area contributed by atoms with Crippen LogP contribution in [-0.4, -0.2) is 7.05 Å². The van der Waals surface area contributed by atoms with Crippen LogP contribution in [0.25, 0.3) is 0 Å². The Kier molecular flexibility index (Phi) is 5.13. The van der Waals surface area contributed by atoms with Gasteiger partial charge in [0.2, 0.25) is 0 Å². The first-order valence-corrected chi connectivity index (χ1v) is 7.31. The smallest absolute Gasteiger partial charge is 0.419 e. The molecule has 0 aliphatic rings. The number of hydrogen-bond donors (Lipinski definition) is 1. The fourth-order valence-electron chi connectivity index (χ4n) is 1.82. The van der Waals surface area contributed by atoms with Crippen LogP contribution < -0.4 is 10.1 Å². The Morgan fingerprint density at radius 3 is 2.57 bits per heavy atom. The van der Waals surface area contributed by atoms with Crippen LogP contribution in [-0.2, 0) is 19.3 Å². The number of thiophene rings is 1. The molecule has 1 aromatic heterocycles. The van der Waals surface area contributed by atoms with Crippen LogP contribution in [0, 0.1) is 0 Å². The van der Waals surface area contributed by atoms with Gasteiger partial charge in [0.1, 0.15) is 12.4 Å². The van der Waals surface area contributed by atoms with Gasteiger partial charge in [0.25, 0.3) is 0 Å². The van der Waals surface area contributed by atoms with Gasteiger partial charge in [-0.3, -0.25) is 0 Å². The van der Waals surface area contributed by atoms with Gasteiger partial charge < -0.3 is 10.1 Å². The molecule has 0 fully saturated rings. The second kappa shape index (κ2) is 6.68. The van der Waals surface area contributed by atoms with E-state index in [0.717, 1.165) is 10.9 Å². The molecule has 0 saturated carbocycles. The van der Waals surface area contributed by atoms with E-state index < -0.39 is 11.7 Å². The zero-order chi connectivity index (χ0) is 15.5. The summed E-state index contributed by atoms with van der Waals surface area (Å²) in [5.74, 6) is -0.174. The average molecular weight is 336 g/mol. The van der Waals surface area contributed by atoms with E-state index in [4.69, 9.17) is 16.3 Å². The van der Waals surface area contributed by atoms with Gasteiger partial charge in [0.05, 0.1) is 9.90 Å². The first kappa shape index (κ1) is 16.1. The molecule has 1 heterocycles. The molecule has 2 nitrogen and oxygen atoms in total. The number of rotatable bonds is 5. The normalized spacial score (nSPS) is 11.7. The van der Waals surface area contributed by atoms with Crippen molar-refractivity contribution < 1.29 is 17.9 Å². The van der Waals surface area contributed by atoms with Gasteiger partial charge in [0.15, 0.2) is 0 Å². The molecule has 7 heteroatoms. The number of alkyl halides is 3. The second-order valence-electron chi connectivity index (χ2n) is 4.35. The minimum absolute atomic E-state index is 0.0614. The molecule has 0 spiro atoms. The molecular weight excluding hydrogens is 323 g/mol. The molecule has 2 rings (SSSR count). The van der Waals surface area contributed by atoms with Crippen LogP contribution in [0.2, 0.25) is 4.34 Å². The molecule has 21 heavy (non-hydrogen) atoms. The van der Waals surface area contributed by atoms with Crippen molar-refractivity contribution in [3.63, 3.8) is 0 Å². The minimum Gasteiger partial charge on any atom is -0.487 e. The van der Waals surface area contributed by atoms with E-state index in [2.05, 4.69) is 5.32 Å². The van der Waals surface area contributed by atoms with Gasteiger partial charge in [-0.05, 0) is 36.9 Å². The van der Waals surface area contributed by atoms with Crippen molar-refractivity contribution in [2.24, 2.45) is 0 Å². The van der Waals surface area contributed by atoms with Crippen LogP contribution in [0.15, 0.2) is 30.3 Å². The summed E-state index contributed by atoms with van der Waals surface area (Å²) in [6.45, 7) is 0.426. The van der Waals surface area contributed by atoms with Crippen LogP contribution in [0.1, 0.15) is 16.0 Å². The van der Waals surface area contributed by atoms with Crippen molar-refractivity contribution in [3.8, 4) is 5.75 Å². The van der Waals surface area contributed by atoms with Crippen LogP contribution in [0.3, 0.4) is 0 Å². The number of ether oxygens (including phenoxy) is 1. The van der Waals surface area contributed by atoms with Gasteiger partial charge in [-0.15, -0.1) is 11.3 Å². The Bertz CT molecular complexity index is 613. The lowest BCUT2D eigenvalue weighted by Gasteiger charge is -2.15. The largest absolute Gasteiger partial charge is 0.487 e. The molecule has 2 aromatic rings. The van der Waals surface area contributed by atoms with E-state index in [1.165, 1.54) is 17.4 Å². The van der Waals surface area contributed by atoms with Gasteiger partial charge in [-0.25, -0.2) is 0 Å². The lowest BCUT2D eigenvalue weighted by molar-refractivity contribution is -0.139. The lowest BCUT2D eigenvalue weighted by atomic mass is 10.1. The molecule has 0 unspecified atom stereocenters. The molecule has 0 amide bonds. The van der Waals surface area contributed by atoms with Crippen molar-refractivity contribution in [1.29, 1.82) is 0 Å². The van der Waals surface area contributed by atoms with Crippen LogP contribution in [0.4, 0.5) is 13.2 Å². The van der Waals surface area contributed by atoms with Crippen LogP contribution in [0.5, 0.6) is 5.75 Å². The van der Waals surface area contributed by atoms with E-state index in [1.54, 1.807) is 25.2 Å². The maximum absolute atomic E-state index is 13.1. The second-order valence-corrected chi connectivity index (χ2v) is 6.15. The summed E-state index contributed by atoms with van der Waals surface area (Å²) < 4.78 is 45.1. The minimum atomic E-state index is -4.45. The molecule has 0 atom stereocenters. The van der Waals surface area contributed by atoms with E-state index >= 15 is 0 Å². The monoisotopic (exact) mass is 335 g/mol. The zero-order valence-electron chi connectivity index (χ0n) is 11.1. The highest BCUT2D eigenvalue weighted by molar-refractivity contribution is 7.16. The number of nitrogens with one attached hydrogen (secondary N) is 1. The first-order valence-electron chi connectivity index (χ1n) is 6.12. The molecule has 114 valence electrons. The summed E-state index contributed by atoms with van der Waals surface area (Å²) in [7, 11) is 1.68. The predicted molar refractivity (Wildman–Crippen MR) is 77.9 cm³/mol. The summed E-state index contributed by atoms with van der Waals surface area (Å²) in [5.41, 5.74) is -0.214. The number of halogens is 4. The third-order valence-electron chi connectivity index (χ3n) is 2.73. The average Bonchev–Trinajstić information content (AvgIpc) is 2.82. The fraction of sp³-hybridized carbons (Fsp3) is 0.286. The molecule has 1 N–H and O–H groups in total. The maximum atomic E-state index is 13.1. The molecule has 0 bridgehead atoms. The molecule has 1 aromatic carbocycles. The number of benzene rings is 1. The van der Waals surface area contributed by atoms with E-state index in [0.29, 0.717) is 16.4 Å². The third kappa shape index (κ3) is 4.36.